The first kappa shape index (κ1) is 12.4. The van der Waals surface area contributed by atoms with Crippen LogP contribution in [-0.2, 0) is 4.79 Å². The number of anilines is 2. The summed E-state index contributed by atoms with van der Waals surface area (Å²) in [6.07, 6.45) is 0.473. The van der Waals surface area contributed by atoms with Gasteiger partial charge in [0.1, 0.15) is 0 Å². The number of hydrogen-bond acceptors (Lipinski definition) is 3. The van der Waals surface area contributed by atoms with Crippen molar-refractivity contribution in [2.24, 2.45) is 0 Å². The summed E-state index contributed by atoms with van der Waals surface area (Å²) in [5, 5.41) is 2.60. The summed E-state index contributed by atoms with van der Waals surface area (Å²) >= 11 is 0. The van der Waals surface area contributed by atoms with Gasteiger partial charge < -0.3 is 16.0 Å². The topological polar surface area (TPSA) is 58.4 Å². The lowest BCUT2D eigenvalue weighted by atomic mass is 10.2. The van der Waals surface area contributed by atoms with Crippen LogP contribution in [0.1, 0.15) is 12.0 Å². The summed E-state index contributed by atoms with van der Waals surface area (Å²) in [7, 11) is 3.58. The largest absolute Gasteiger partial charge is 0.397 e. The fourth-order valence-corrected chi connectivity index (χ4v) is 1.54. The van der Waals surface area contributed by atoms with Gasteiger partial charge in [-0.2, -0.15) is 0 Å². The molecule has 4 nitrogen and oxygen atoms in total. The number of nitrogens with two attached hydrogens (primary N) is 1. The maximum Gasteiger partial charge on any atom is 0.221 e. The Labute approximate surface area is 96.4 Å². The van der Waals surface area contributed by atoms with E-state index in [0.29, 0.717) is 13.0 Å². The van der Waals surface area contributed by atoms with Gasteiger partial charge in [-0.25, -0.2) is 0 Å². The Balaban J connectivity index is 2.65. The molecular weight excluding hydrogens is 202 g/mol. The van der Waals surface area contributed by atoms with E-state index in [0.717, 1.165) is 16.9 Å². The predicted molar refractivity (Wildman–Crippen MR) is 67.5 cm³/mol. The first-order valence-electron chi connectivity index (χ1n) is 5.32. The second-order valence-electron chi connectivity index (χ2n) is 3.91. The first-order chi connectivity index (χ1) is 7.54. The molecule has 0 fully saturated rings. The number of carbonyl (C=O) groups excluding carboxylic acids is 1. The quantitative estimate of drug-likeness (QED) is 0.750. The highest BCUT2D eigenvalue weighted by Crippen LogP contribution is 2.22. The SMILES string of the molecule is CNC(=O)CCN(C)c1ccc(C)cc1N. The highest BCUT2D eigenvalue weighted by atomic mass is 16.1. The highest BCUT2D eigenvalue weighted by molar-refractivity contribution is 5.76. The molecule has 1 aromatic rings. The molecule has 0 aromatic heterocycles. The molecule has 1 amide bonds. The molecule has 1 rings (SSSR count). The van der Waals surface area contributed by atoms with E-state index in [9.17, 15) is 4.79 Å². The molecule has 16 heavy (non-hydrogen) atoms. The van der Waals surface area contributed by atoms with Gasteiger partial charge in [-0.1, -0.05) is 6.07 Å². The molecule has 0 unspecified atom stereocenters. The standard InChI is InChI=1S/C12H19N3O/c1-9-4-5-11(10(13)8-9)15(3)7-6-12(16)14-2/h4-5,8H,6-7,13H2,1-3H3,(H,14,16). The lowest BCUT2D eigenvalue weighted by Crippen LogP contribution is -2.26. The Morgan fingerprint density at radius 1 is 1.50 bits per heavy atom. The van der Waals surface area contributed by atoms with Crippen LogP contribution >= 0.6 is 0 Å². The zero-order chi connectivity index (χ0) is 12.1. The van der Waals surface area contributed by atoms with E-state index in [4.69, 9.17) is 5.73 Å². The molecule has 0 bridgehead atoms. The maximum absolute atomic E-state index is 11.1. The second-order valence-corrected chi connectivity index (χ2v) is 3.91. The molecule has 0 saturated heterocycles. The Hall–Kier alpha value is -1.71. The van der Waals surface area contributed by atoms with E-state index >= 15 is 0 Å². The van der Waals surface area contributed by atoms with Gasteiger partial charge in [-0.15, -0.1) is 0 Å². The molecule has 88 valence electrons. The minimum Gasteiger partial charge on any atom is -0.397 e. The molecule has 0 atom stereocenters. The van der Waals surface area contributed by atoms with Crippen LogP contribution in [0.15, 0.2) is 18.2 Å². The number of nitrogens with zero attached hydrogens (tertiary/aromatic N) is 1. The summed E-state index contributed by atoms with van der Waals surface area (Å²) in [6, 6.07) is 5.93. The average molecular weight is 221 g/mol. The molecular formula is C12H19N3O. The van der Waals surface area contributed by atoms with Crippen molar-refractivity contribution >= 4 is 17.3 Å². The Kier molecular flexibility index (Phi) is 4.17. The van der Waals surface area contributed by atoms with Gasteiger partial charge >= 0.3 is 0 Å². The smallest absolute Gasteiger partial charge is 0.221 e. The lowest BCUT2D eigenvalue weighted by molar-refractivity contribution is -0.120. The molecule has 3 N–H and O–H groups in total. The van der Waals surface area contributed by atoms with Crippen LogP contribution in [0.2, 0.25) is 0 Å². The number of amides is 1. The zero-order valence-electron chi connectivity index (χ0n) is 10.1. The number of benzene rings is 1. The monoisotopic (exact) mass is 221 g/mol. The molecule has 1 aromatic carbocycles. The third-order valence-electron chi connectivity index (χ3n) is 2.55. The molecule has 0 aliphatic rings. The minimum atomic E-state index is 0.0394. The number of aryl methyl sites for hydroxylation is 1. The average Bonchev–Trinajstić information content (AvgIpc) is 2.25. The maximum atomic E-state index is 11.1. The van der Waals surface area contributed by atoms with E-state index in [1.807, 2.05) is 37.1 Å². The van der Waals surface area contributed by atoms with Crippen LogP contribution in [0.5, 0.6) is 0 Å². The van der Waals surface area contributed by atoms with Gasteiger partial charge in [0, 0.05) is 27.1 Å². The molecule has 0 radical (unpaired) electrons. The number of hydrogen-bond donors (Lipinski definition) is 2. The number of nitrogens with one attached hydrogen (secondary N) is 1. The van der Waals surface area contributed by atoms with E-state index in [1.165, 1.54) is 0 Å². The van der Waals surface area contributed by atoms with Crippen molar-refractivity contribution in [3.05, 3.63) is 23.8 Å². The van der Waals surface area contributed by atoms with Crippen LogP contribution in [0.3, 0.4) is 0 Å². The predicted octanol–water partition coefficient (Wildman–Crippen LogP) is 1.15. The van der Waals surface area contributed by atoms with Crippen LogP contribution in [0.4, 0.5) is 11.4 Å². The molecule has 4 heteroatoms. The van der Waals surface area contributed by atoms with E-state index in [2.05, 4.69) is 5.32 Å². The van der Waals surface area contributed by atoms with Gasteiger partial charge in [0.05, 0.1) is 11.4 Å². The summed E-state index contributed by atoms with van der Waals surface area (Å²) in [5.41, 5.74) is 8.78. The Bertz CT molecular complexity index is 377. The fourth-order valence-electron chi connectivity index (χ4n) is 1.54. The molecule has 0 aliphatic carbocycles. The number of nitrogen functional groups attached to an aromatic ring is 1. The van der Waals surface area contributed by atoms with Crippen molar-refractivity contribution in [3.8, 4) is 0 Å². The van der Waals surface area contributed by atoms with Crippen molar-refractivity contribution < 1.29 is 4.79 Å². The molecule has 0 spiro atoms. The number of rotatable bonds is 4. The summed E-state index contributed by atoms with van der Waals surface area (Å²) < 4.78 is 0. The van der Waals surface area contributed by atoms with Crippen molar-refractivity contribution in [1.29, 1.82) is 0 Å². The van der Waals surface area contributed by atoms with Crippen molar-refractivity contribution in [2.45, 2.75) is 13.3 Å². The van der Waals surface area contributed by atoms with Crippen molar-refractivity contribution in [3.63, 3.8) is 0 Å². The molecule has 0 saturated carbocycles. The molecule has 0 aliphatic heterocycles. The summed E-state index contributed by atoms with van der Waals surface area (Å²) in [4.78, 5) is 13.1. The zero-order valence-corrected chi connectivity index (χ0v) is 10.1. The van der Waals surface area contributed by atoms with E-state index < -0.39 is 0 Å². The third kappa shape index (κ3) is 3.15. The van der Waals surface area contributed by atoms with Crippen LogP contribution < -0.4 is 16.0 Å². The Morgan fingerprint density at radius 2 is 2.19 bits per heavy atom. The van der Waals surface area contributed by atoms with Crippen LogP contribution in [0, 0.1) is 6.92 Å². The van der Waals surface area contributed by atoms with Gasteiger partial charge in [0.25, 0.3) is 0 Å². The van der Waals surface area contributed by atoms with Gasteiger partial charge in [0.15, 0.2) is 0 Å². The summed E-state index contributed by atoms with van der Waals surface area (Å²) in [6.45, 7) is 2.66. The Morgan fingerprint density at radius 3 is 2.75 bits per heavy atom. The molecule has 0 heterocycles. The minimum absolute atomic E-state index is 0.0394. The highest BCUT2D eigenvalue weighted by Gasteiger charge is 2.06. The van der Waals surface area contributed by atoms with E-state index in [-0.39, 0.29) is 5.91 Å². The van der Waals surface area contributed by atoms with E-state index in [1.54, 1.807) is 7.05 Å². The number of carbonyl (C=O) groups is 1. The van der Waals surface area contributed by atoms with Gasteiger partial charge in [-0.05, 0) is 24.6 Å². The first-order valence-corrected chi connectivity index (χ1v) is 5.32. The fraction of sp³-hybridized carbons (Fsp3) is 0.417. The summed E-state index contributed by atoms with van der Waals surface area (Å²) in [5.74, 6) is 0.0394. The normalized spacial score (nSPS) is 9.94. The van der Waals surface area contributed by atoms with Crippen molar-refractivity contribution in [2.75, 3.05) is 31.3 Å². The van der Waals surface area contributed by atoms with Gasteiger partial charge in [-0.3, -0.25) is 4.79 Å². The van der Waals surface area contributed by atoms with Crippen LogP contribution in [-0.4, -0.2) is 26.5 Å². The lowest BCUT2D eigenvalue weighted by Gasteiger charge is -2.20. The van der Waals surface area contributed by atoms with Crippen molar-refractivity contribution in [1.82, 2.24) is 5.32 Å². The van der Waals surface area contributed by atoms with Gasteiger partial charge in [0.2, 0.25) is 5.91 Å². The van der Waals surface area contributed by atoms with Crippen LogP contribution in [0.25, 0.3) is 0 Å². The second kappa shape index (κ2) is 5.39. The third-order valence-corrected chi connectivity index (χ3v) is 2.55.